The first kappa shape index (κ1) is 17.7. The van der Waals surface area contributed by atoms with Gasteiger partial charge in [0.25, 0.3) is 0 Å². The molecule has 0 saturated heterocycles. The van der Waals surface area contributed by atoms with Gasteiger partial charge in [-0.25, -0.2) is 0 Å². The second-order valence-electron chi connectivity index (χ2n) is 8.28. The van der Waals surface area contributed by atoms with Gasteiger partial charge in [0, 0.05) is 5.56 Å². The first-order valence-corrected chi connectivity index (χ1v) is 9.77. The maximum Gasteiger partial charge on any atom is 0.161 e. The Hall–Kier alpha value is -1.75. The smallest absolute Gasteiger partial charge is 0.161 e. The highest BCUT2D eigenvalue weighted by Gasteiger charge is 2.55. The summed E-state index contributed by atoms with van der Waals surface area (Å²) >= 11 is 0. The van der Waals surface area contributed by atoms with E-state index in [2.05, 4.69) is 12.1 Å². The van der Waals surface area contributed by atoms with Crippen molar-refractivity contribution < 1.29 is 19.8 Å². The molecule has 5 heteroatoms. The fourth-order valence-corrected chi connectivity index (χ4v) is 5.87. The van der Waals surface area contributed by atoms with Crippen molar-refractivity contribution in [2.24, 2.45) is 22.4 Å². The van der Waals surface area contributed by atoms with Gasteiger partial charge < -0.3 is 19.8 Å². The predicted molar refractivity (Wildman–Crippen MR) is 99.7 cm³/mol. The number of ether oxygens (including phenoxy) is 1. The Morgan fingerprint density at radius 2 is 2.08 bits per heavy atom. The Bertz CT molecular complexity index is 731. The molecule has 3 aliphatic rings. The number of aromatic hydroxyl groups is 1. The molecule has 0 amide bonds. The van der Waals surface area contributed by atoms with Crippen molar-refractivity contribution in [1.82, 2.24) is 0 Å². The van der Waals surface area contributed by atoms with Gasteiger partial charge in [-0.3, -0.25) is 0 Å². The Balaban J connectivity index is 1.80. The highest BCUT2D eigenvalue weighted by atomic mass is 16.6. The maximum absolute atomic E-state index is 10.6. The minimum Gasteiger partial charge on any atom is -0.504 e. The van der Waals surface area contributed by atoms with Gasteiger partial charge in [0.15, 0.2) is 11.5 Å². The second-order valence-corrected chi connectivity index (χ2v) is 8.28. The fraction of sp³-hybridized carbons (Fsp3) is 0.667. The van der Waals surface area contributed by atoms with Crippen LogP contribution in [0.4, 0.5) is 0 Å². The Labute approximate surface area is 155 Å². The summed E-state index contributed by atoms with van der Waals surface area (Å²) in [7, 11) is 1.57. The van der Waals surface area contributed by atoms with Crippen LogP contribution < -0.4 is 4.74 Å². The van der Waals surface area contributed by atoms with Crippen molar-refractivity contribution in [2.45, 2.75) is 58.0 Å². The molecule has 142 valence electrons. The van der Waals surface area contributed by atoms with E-state index in [1.54, 1.807) is 13.2 Å². The third kappa shape index (κ3) is 2.51. The monoisotopic (exact) mass is 359 g/mol. The Kier molecular flexibility index (Phi) is 4.38. The number of rotatable bonds is 3. The van der Waals surface area contributed by atoms with E-state index in [1.165, 1.54) is 5.56 Å². The van der Waals surface area contributed by atoms with E-state index in [-0.39, 0.29) is 17.3 Å². The van der Waals surface area contributed by atoms with Gasteiger partial charge in [-0.2, -0.15) is 0 Å². The summed E-state index contributed by atoms with van der Waals surface area (Å²) in [4.78, 5) is 5.12. The number of hydrogen-bond donors (Lipinski definition) is 2. The summed E-state index contributed by atoms with van der Waals surface area (Å²) in [6.45, 7) is 4.70. The van der Waals surface area contributed by atoms with E-state index in [0.717, 1.165) is 43.4 Å². The molecule has 2 saturated carbocycles. The summed E-state index contributed by atoms with van der Waals surface area (Å²) in [5.74, 6) is 2.07. The lowest BCUT2D eigenvalue weighted by Crippen LogP contribution is -2.45. The van der Waals surface area contributed by atoms with Gasteiger partial charge in [0.2, 0.25) is 0 Å². The number of aliphatic hydroxyl groups is 1. The number of phenols is 1. The molecule has 2 N–H and O–H groups in total. The number of aliphatic hydroxyl groups excluding tert-OH is 1. The summed E-state index contributed by atoms with van der Waals surface area (Å²) in [5, 5.41) is 25.2. The van der Waals surface area contributed by atoms with E-state index in [0.29, 0.717) is 30.1 Å². The first-order valence-electron chi connectivity index (χ1n) is 9.77. The molecule has 5 nitrogen and oxygen atoms in total. The summed E-state index contributed by atoms with van der Waals surface area (Å²) < 4.78 is 5.64. The molecule has 5 atom stereocenters. The van der Waals surface area contributed by atoms with E-state index >= 15 is 0 Å². The molecule has 3 aliphatic carbocycles. The molecule has 4 rings (SSSR count). The standard InChI is InChI=1S/C21H29NO4/c1-4-26-19-11-13-12-7-8-21(2)16(5-6-20(21)24)14(12)9-17(22-25-3)15(13)10-18(19)23/h10-12,14,16,20,23-24H,4-9H2,1-3H3/b22-17+/t12-,14-,16-,20+,21-/m1/s1. The van der Waals surface area contributed by atoms with Gasteiger partial charge in [-0.15, -0.1) is 0 Å². The fourth-order valence-electron chi connectivity index (χ4n) is 5.87. The molecule has 0 aromatic heterocycles. The molecule has 0 spiro atoms. The first-order chi connectivity index (χ1) is 12.5. The predicted octanol–water partition coefficient (Wildman–Crippen LogP) is 3.82. The second kappa shape index (κ2) is 6.45. The quantitative estimate of drug-likeness (QED) is 0.805. The van der Waals surface area contributed by atoms with Gasteiger partial charge >= 0.3 is 0 Å². The average Bonchev–Trinajstić information content (AvgIpc) is 2.92. The molecule has 1 aromatic carbocycles. The summed E-state index contributed by atoms with van der Waals surface area (Å²) in [6, 6.07) is 3.79. The summed E-state index contributed by atoms with van der Waals surface area (Å²) in [6.07, 6.45) is 4.71. The number of hydrogen-bond acceptors (Lipinski definition) is 5. The van der Waals surface area contributed by atoms with Crippen LogP contribution >= 0.6 is 0 Å². The Morgan fingerprint density at radius 1 is 1.27 bits per heavy atom. The minimum absolute atomic E-state index is 0.0104. The van der Waals surface area contributed by atoms with Crippen LogP contribution in [-0.2, 0) is 4.84 Å². The van der Waals surface area contributed by atoms with Crippen molar-refractivity contribution >= 4 is 5.71 Å². The molecule has 0 aliphatic heterocycles. The zero-order chi connectivity index (χ0) is 18.5. The van der Waals surface area contributed by atoms with Crippen molar-refractivity contribution in [3.05, 3.63) is 23.3 Å². The molecule has 0 bridgehead atoms. The Morgan fingerprint density at radius 3 is 2.81 bits per heavy atom. The zero-order valence-corrected chi connectivity index (χ0v) is 15.9. The highest BCUT2D eigenvalue weighted by Crippen LogP contribution is 2.61. The van der Waals surface area contributed by atoms with Crippen molar-refractivity contribution in [1.29, 1.82) is 0 Å². The zero-order valence-electron chi connectivity index (χ0n) is 15.9. The molecule has 26 heavy (non-hydrogen) atoms. The molecular weight excluding hydrogens is 330 g/mol. The third-order valence-electron chi connectivity index (χ3n) is 7.16. The lowest BCUT2D eigenvalue weighted by Gasteiger charge is -2.50. The topological polar surface area (TPSA) is 71.3 Å². The largest absolute Gasteiger partial charge is 0.504 e. The van der Waals surface area contributed by atoms with Gasteiger partial charge in [-0.1, -0.05) is 12.1 Å². The van der Waals surface area contributed by atoms with Gasteiger partial charge in [-0.05, 0) is 79.9 Å². The van der Waals surface area contributed by atoms with Crippen LogP contribution in [0.3, 0.4) is 0 Å². The molecule has 0 unspecified atom stereocenters. The average molecular weight is 359 g/mol. The van der Waals surface area contributed by atoms with Crippen LogP contribution in [0, 0.1) is 17.3 Å². The lowest BCUT2D eigenvalue weighted by atomic mass is 9.55. The van der Waals surface area contributed by atoms with Crippen molar-refractivity contribution in [3.63, 3.8) is 0 Å². The molecule has 2 fully saturated rings. The van der Waals surface area contributed by atoms with E-state index < -0.39 is 0 Å². The number of nitrogens with zero attached hydrogens (tertiary/aromatic N) is 1. The third-order valence-corrected chi connectivity index (χ3v) is 7.16. The van der Waals surface area contributed by atoms with Crippen molar-refractivity contribution in [2.75, 3.05) is 13.7 Å². The van der Waals surface area contributed by atoms with E-state index in [1.807, 2.05) is 13.0 Å². The van der Waals surface area contributed by atoms with Crippen LogP contribution in [0.15, 0.2) is 17.3 Å². The number of oxime groups is 1. The molecule has 1 aromatic rings. The van der Waals surface area contributed by atoms with Crippen LogP contribution in [-0.4, -0.2) is 35.7 Å². The van der Waals surface area contributed by atoms with Crippen molar-refractivity contribution in [3.8, 4) is 11.5 Å². The number of fused-ring (bicyclic) bond motifs is 5. The summed E-state index contributed by atoms with van der Waals surface area (Å²) in [5.41, 5.74) is 3.10. The minimum atomic E-state index is -0.198. The van der Waals surface area contributed by atoms with Crippen LogP contribution in [0.25, 0.3) is 0 Å². The van der Waals surface area contributed by atoms with Gasteiger partial charge in [0.1, 0.15) is 7.11 Å². The van der Waals surface area contributed by atoms with E-state index in [9.17, 15) is 10.2 Å². The van der Waals surface area contributed by atoms with E-state index in [4.69, 9.17) is 9.57 Å². The molecule has 0 heterocycles. The maximum atomic E-state index is 10.6. The number of phenolic OH excluding ortho intramolecular Hbond substituents is 1. The van der Waals surface area contributed by atoms with Crippen LogP contribution in [0.1, 0.15) is 63.0 Å². The SMILES string of the molecule is CCOc1cc2c(cc1O)/C(=N/OC)C[C@@H]1[C@@H]2CC[C@]2(C)[C@@H]1CC[C@@H]2O. The molecular formula is C21H29NO4. The number of benzene rings is 1. The van der Waals surface area contributed by atoms with Crippen LogP contribution in [0.2, 0.25) is 0 Å². The highest BCUT2D eigenvalue weighted by molar-refractivity contribution is 6.03. The van der Waals surface area contributed by atoms with Crippen LogP contribution in [0.5, 0.6) is 11.5 Å². The van der Waals surface area contributed by atoms with Gasteiger partial charge in [0.05, 0.1) is 18.4 Å². The molecule has 0 radical (unpaired) electrons. The lowest BCUT2D eigenvalue weighted by molar-refractivity contribution is -0.0179. The normalized spacial score (nSPS) is 37.0.